The molecule has 0 bridgehead atoms. The van der Waals surface area contributed by atoms with Gasteiger partial charge in [0.2, 0.25) is 11.8 Å². The average molecular weight is 850 g/mol. The number of ether oxygens (including phenoxy) is 1. The molecule has 3 amide bonds. The molecule has 60 heavy (non-hydrogen) atoms. The summed E-state index contributed by atoms with van der Waals surface area (Å²) in [6.45, 7) is 11.8. The number of aryl methyl sites for hydroxylation is 2. The van der Waals surface area contributed by atoms with Crippen molar-refractivity contribution >= 4 is 52.3 Å². The number of aliphatic hydroxyl groups excluding tert-OH is 1. The molecule has 1 saturated heterocycles. The van der Waals surface area contributed by atoms with Gasteiger partial charge in [0.05, 0.1) is 25.3 Å². The molecule has 0 aliphatic carbocycles. The number of aromatic nitrogens is 3. The fraction of sp³-hybridized carbons (Fsp3) is 0.356. The zero-order valence-corrected chi connectivity index (χ0v) is 36.1. The van der Waals surface area contributed by atoms with Crippen molar-refractivity contribution < 1.29 is 29.0 Å². The van der Waals surface area contributed by atoms with Gasteiger partial charge in [0.25, 0.3) is 5.91 Å². The Hall–Kier alpha value is -5.70. The third-order valence-corrected chi connectivity index (χ3v) is 12.5. The molecule has 1 fully saturated rings. The number of esters is 1. The third kappa shape index (κ3) is 8.63. The summed E-state index contributed by atoms with van der Waals surface area (Å²) in [5, 5.41) is 26.7. The van der Waals surface area contributed by atoms with Crippen LogP contribution >= 0.6 is 22.9 Å². The first-order chi connectivity index (χ1) is 28.5. The molecule has 13 nitrogen and oxygen atoms in total. The van der Waals surface area contributed by atoms with Gasteiger partial charge in [0, 0.05) is 46.1 Å². The Labute approximate surface area is 357 Å². The van der Waals surface area contributed by atoms with Gasteiger partial charge in [-0.1, -0.05) is 80.9 Å². The number of likely N-dealkylation sites (tertiary alicyclic amines) is 1. The van der Waals surface area contributed by atoms with E-state index in [0.29, 0.717) is 22.2 Å². The van der Waals surface area contributed by atoms with E-state index in [4.69, 9.17) is 21.3 Å². The Morgan fingerprint density at radius 1 is 0.933 bits per heavy atom. The van der Waals surface area contributed by atoms with E-state index in [1.54, 1.807) is 47.7 Å². The van der Waals surface area contributed by atoms with E-state index in [1.807, 2.05) is 68.7 Å². The smallest absolute Gasteiger partial charge is 0.308 e. The lowest BCUT2D eigenvalue weighted by Gasteiger charge is -2.35. The second kappa shape index (κ2) is 17.1. The molecule has 4 heterocycles. The fourth-order valence-electron chi connectivity index (χ4n) is 7.64. The second-order valence-corrected chi connectivity index (χ2v) is 18.0. The van der Waals surface area contributed by atoms with Crippen LogP contribution in [0, 0.1) is 26.2 Å². The predicted octanol–water partition coefficient (Wildman–Crippen LogP) is 6.45. The summed E-state index contributed by atoms with van der Waals surface area (Å²) in [5.74, 6) is -0.372. The van der Waals surface area contributed by atoms with E-state index < -0.39 is 47.4 Å². The van der Waals surface area contributed by atoms with E-state index >= 15 is 0 Å². The Morgan fingerprint density at radius 3 is 2.20 bits per heavy atom. The number of carbonyl (C=O) groups excluding carboxylic acids is 4. The summed E-state index contributed by atoms with van der Waals surface area (Å²) >= 11 is 7.63. The van der Waals surface area contributed by atoms with E-state index in [2.05, 4.69) is 34.7 Å². The van der Waals surface area contributed by atoms with Crippen molar-refractivity contribution in [2.24, 2.45) is 10.4 Å². The maximum atomic E-state index is 14.1. The quantitative estimate of drug-likeness (QED) is 0.135. The van der Waals surface area contributed by atoms with Crippen LogP contribution in [0.5, 0.6) is 0 Å². The largest absolute Gasteiger partial charge is 0.469 e. The number of rotatable bonds is 10. The SMILES string of the molecule is COC(=O)C[C@@H]1N=C(c2ccc(-c3ccc(C(=O)NC(C(=O)N4C[C@H](O)C[C@H]4C(=O)NCc4ccc(Cl)cc4)C(C)(C)C)cc3)cc2)c2c(sc(C)c2C)-n2c(C)nnc21. The second-order valence-electron chi connectivity index (χ2n) is 16.3. The minimum atomic E-state index is -0.982. The maximum Gasteiger partial charge on any atom is 0.308 e. The Bertz CT molecular complexity index is 2470. The van der Waals surface area contributed by atoms with Crippen molar-refractivity contribution in [1.29, 1.82) is 0 Å². The number of methoxy groups -OCH3 is 1. The van der Waals surface area contributed by atoms with Gasteiger partial charge in [-0.2, -0.15) is 0 Å². The third-order valence-electron chi connectivity index (χ3n) is 11.1. The van der Waals surface area contributed by atoms with Crippen molar-refractivity contribution in [2.45, 2.75) is 85.2 Å². The lowest BCUT2D eigenvalue weighted by Crippen LogP contribution is -2.57. The van der Waals surface area contributed by atoms with Crippen molar-refractivity contribution in [1.82, 2.24) is 30.3 Å². The molecule has 0 radical (unpaired) electrons. The van der Waals surface area contributed by atoms with Gasteiger partial charge < -0.3 is 25.4 Å². The van der Waals surface area contributed by atoms with Crippen LogP contribution in [-0.4, -0.2) is 86.0 Å². The van der Waals surface area contributed by atoms with Gasteiger partial charge in [-0.25, -0.2) is 0 Å². The molecule has 1 unspecified atom stereocenters. The zero-order valence-electron chi connectivity index (χ0n) is 34.6. The van der Waals surface area contributed by atoms with Gasteiger partial charge in [0.15, 0.2) is 5.82 Å². The molecule has 2 aliphatic rings. The zero-order chi connectivity index (χ0) is 43.0. The fourth-order valence-corrected chi connectivity index (χ4v) is 8.98. The van der Waals surface area contributed by atoms with Gasteiger partial charge in [-0.3, -0.25) is 28.7 Å². The number of aliphatic hydroxyl groups is 1. The van der Waals surface area contributed by atoms with Crippen LogP contribution in [0.25, 0.3) is 16.1 Å². The Morgan fingerprint density at radius 2 is 1.57 bits per heavy atom. The molecule has 2 aromatic heterocycles. The minimum absolute atomic E-state index is 0.0126. The number of β-amino-alcohol motifs (C(OH)–C–C–N with tert-alkyl or cyclic N) is 1. The van der Waals surface area contributed by atoms with Gasteiger partial charge in [-0.05, 0) is 72.7 Å². The van der Waals surface area contributed by atoms with Crippen molar-refractivity contribution in [3.8, 4) is 16.1 Å². The van der Waals surface area contributed by atoms with Crippen molar-refractivity contribution in [3.63, 3.8) is 0 Å². The van der Waals surface area contributed by atoms with Crippen LogP contribution in [0.4, 0.5) is 0 Å². The lowest BCUT2D eigenvalue weighted by atomic mass is 9.85. The number of nitrogens with zero attached hydrogens (tertiary/aromatic N) is 5. The summed E-state index contributed by atoms with van der Waals surface area (Å²) < 4.78 is 7.01. The van der Waals surface area contributed by atoms with Crippen molar-refractivity contribution in [2.75, 3.05) is 13.7 Å². The first-order valence-corrected chi connectivity index (χ1v) is 20.9. The maximum absolute atomic E-state index is 14.1. The summed E-state index contributed by atoms with van der Waals surface area (Å²) in [5.41, 5.74) is 5.95. The molecule has 15 heteroatoms. The molecule has 312 valence electrons. The normalized spacial score (nSPS) is 17.9. The van der Waals surface area contributed by atoms with Gasteiger partial charge in [0.1, 0.15) is 29.0 Å². The number of thiophene rings is 1. The topological polar surface area (TPSA) is 168 Å². The van der Waals surface area contributed by atoms with Gasteiger partial charge in [-0.15, -0.1) is 21.5 Å². The lowest BCUT2D eigenvalue weighted by molar-refractivity contribution is -0.142. The summed E-state index contributed by atoms with van der Waals surface area (Å²) in [4.78, 5) is 61.4. The molecule has 3 N–H and O–H groups in total. The molecular formula is C45H48ClN7O6S. The number of carbonyl (C=O) groups is 4. The summed E-state index contributed by atoms with van der Waals surface area (Å²) in [6.07, 6.45) is -0.777. The van der Waals surface area contributed by atoms with Gasteiger partial charge >= 0.3 is 5.97 Å². The van der Waals surface area contributed by atoms with Crippen LogP contribution in [-0.2, 0) is 25.7 Å². The van der Waals surface area contributed by atoms with E-state index in [-0.39, 0.29) is 31.8 Å². The summed E-state index contributed by atoms with van der Waals surface area (Å²) in [7, 11) is 1.36. The molecule has 4 atom stereocenters. The average Bonchev–Trinajstić information content (AvgIpc) is 3.88. The number of aliphatic imine (C=N–C) groups is 1. The standard InChI is InChI=1S/C45H48ClN7O6S/c1-24-25(2)60-44-37(24)38(48-34(21-36(55)59-7)40-51-50-26(3)53(40)44)30-14-10-28(11-15-30)29-12-16-31(17-13-29)41(56)49-39(45(4,5)6)43(58)52-23-33(54)20-35(52)42(57)47-22-27-8-18-32(46)19-9-27/h8-19,33-35,39,54H,20-23H2,1-7H3,(H,47,57)(H,49,56)/t33-,34+,35+,39?/m1/s1. The summed E-state index contributed by atoms with van der Waals surface area (Å²) in [6, 6.07) is 19.7. The van der Waals surface area contributed by atoms with Crippen molar-refractivity contribution in [3.05, 3.63) is 122 Å². The Balaban J connectivity index is 1.08. The molecule has 3 aromatic carbocycles. The highest BCUT2D eigenvalue weighted by Gasteiger charge is 2.44. The highest BCUT2D eigenvalue weighted by molar-refractivity contribution is 7.15. The number of halogens is 1. The highest BCUT2D eigenvalue weighted by atomic mass is 35.5. The van der Waals surface area contributed by atoms with Crippen LogP contribution in [0.2, 0.25) is 5.02 Å². The molecule has 5 aromatic rings. The number of hydrogen-bond donors (Lipinski definition) is 3. The van der Waals surface area contributed by atoms with Crippen LogP contribution in [0.3, 0.4) is 0 Å². The first kappa shape index (κ1) is 42.4. The van der Waals surface area contributed by atoms with E-state index in [9.17, 15) is 24.3 Å². The number of nitrogens with one attached hydrogen (secondary N) is 2. The monoisotopic (exact) mass is 849 g/mol. The van der Waals surface area contributed by atoms with E-state index in [0.717, 1.165) is 49.0 Å². The predicted molar refractivity (Wildman–Crippen MR) is 230 cm³/mol. The number of fused-ring (bicyclic) bond motifs is 3. The first-order valence-electron chi connectivity index (χ1n) is 19.7. The molecule has 2 aliphatic heterocycles. The highest BCUT2D eigenvalue weighted by Crippen LogP contribution is 2.40. The molecular weight excluding hydrogens is 802 g/mol. The van der Waals surface area contributed by atoms with Crippen LogP contribution < -0.4 is 10.6 Å². The van der Waals surface area contributed by atoms with Crippen LogP contribution in [0.1, 0.15) is 88.8 Å². The van der Waals surface area contributed by atoms with Crippen LogP contribution in [0.15, 0.2) is 77.8 Å². The molecule has 7 rings (SSSR count). The van der Waals surface area contributed by atoms with E-state index in [1.165, 1.54) is 12.0 Å². The molecule has 0 spiro atoms. The molecule has 0 saturated carbocycles. The number of hydrogen-bond acceptors (Lipinski definition) is 10. The number of benzene rings is 3. The Kier molecular flexibility index (Phi) is 12.1. The minimum Gasteiger partial charge on any atom is -0.469 e. The number of amides is 3.